The molecular formula is C16H30N2. The maximum absolute atomic E-state index is 3.83. The van der Waals surface area contributed by atoms with Crippen molar-refractivity contribution in [2.75, 3.05) is 19.6 Å². The van der Waals surface area contributed by atoms with Crippen LogP contribution in [0.5, 0.6) is 0 Å². The summed E-state index contributed by atoms with van der Waals surface area (Å²) in [4.78, 5) is 2.63. The van der Waals surface area contributed by atoms with Crippen molar-refractivity contribution in [1.82, 2.24) is 10.2 Å². The first-order chi connectivity index (χ1) is 8.75. The van der Waals surface area contributed by atoms with Crippen molar-refractivity contribution in [3.63, 3.8) is 0 Å². The molecule has 0 bridgehead atoms. The molecule has 2 rings (SSSR count). The lowest BCUT2D eigenvalue weighted by Gasteiger charge is -2.25. The van der Waals surface area contributed by atoms with Crippen LogP contribution in [0.1, 0.15) is 52.4 Å². The Morgan fingerprint density at radius 2 is 2.06 bits per heavy atom. The van der Waals surface area contributed by atoms with E-state index in [4.69, 9.17) is 0 Å². The second kappa shape index (κ2) is 7.30. The Labute approximate surface area is 113 Å². The van der Waals surface area contributed by atoms with Crippen molar-refractivity contribution in [3.8, 4) is 0 Å². The third-order valence-corrected chi connectivity index (χ3v) is 4.57. The van der Waals surface area contributed by atoms with Crippen molar-refractivity contribution in [1.29, 1.82) is 0 Å². The molecule has 1 N–H and O–H groups in total. The van der Waals surface area contributed by atoms with Crippen molar-refractivity contribution >= 4 is 0 Å². The van der Waals surface area contributed by atoms with Crippen molar-refractivity contribution < 1.29 is 0 Å². The molecule has 0 aromatic carbocycles. The summed E-state index contributed by atoms with van der Waals surface area (Å²) in [5, 5.41) is 3.83. The molecule has 0 aromatic heterocycles. The third-order valence-electron chi connectivity index (χ3n) is 4.57. The molecule has 0 amide bonds. The average molecular weight is 250 g/mol. The number of hydrogen-bond donors (Lipinski definition) is 1. The lowest BCUT2D eigenvalue weighted by molar-refractivity contribution is 0.228. The molecule has 0 spiro atoms. The monoisotopic (exact) mass is 250 g/mol. The Bertz CT molecular complexity index is 260. The maximum atomic E-state index is 3.83. The fraction of sp³-hybridized carbons (Fsp3) is 0.875. The highest BCUT2D eigenvalue weighted by Gasteiger charge is 2.19. The van der Waals surface area contributed by atoms with Crippen molar-refractivity contribution in [2.24, 2.45) is 5.92 Å². The Kier molecular flexibility index (Phi) is 5.71. The van der Waals surface area contributed by atoms with Crippen LogP contribution in [0.4, 0.5) is 0 Å². The molecule has 1 saturated heterocycles. The fourth-order valence-electron chi connectivity index (χ4n) is 3.21. The highest BCUT2D eigenvalue weighted by molar-refractivity contribution is 4.91. The highest BCUT2D eigenvalue weighted by atomic mass is 15.1. The van der Waals surface area contributed by atoms with Crippen LogP contribution >= 0.6 is 0 Å². The number of hydrogen-bond acceptors (Lipinski definition) is 2. The van der Waals surface area contributed by atoms with Crippen LogP contribution in [0, 0.1) is 5.92 Å². The van der Waals surface area contributed by atoms with Crippen LogP contribution in [-0.2, 0) is 0 Å². The second-order valence-corrected chi connectivity index (χ2v) is 6.32. The van der Waals surface area contributed by atoms with Crippen LogP contribution in [0.15, 0.2) is 12.2 Å². The molecule has 0 radical (unpaired) electrons. The lowest BCUT2D eigenvalue weighted by atomic mass is 9.94. The third kappa shape index (κ3) is 4.40. The van der Waals surface area contributed by atoms with Gasteiger partial charge in [-0.2, -0.15) is 0 Å². The van der Waals surface area contributed by atoms with E-state index < -0.39 is 0 Å². The van der Waals surface area contributed by atoms with Gasteiger partial charge in [0.05, 0.1) is 0 Å². The molecule has 1 aliphatic carbocycles. The number of nitrogens with one attached hydrogen (secondary N) is 1. The van der Waals surface area contributed by atoms with Crippen molar-refractivity contribution in [2.45, 2.75) is 64.5 Å². The van der Waals surface area contributed by atoms with E-state index in [2.05, 4.69) is 36.2 Å². The first kappa shape index (κ1) is 14.1. The largest absolute Gasteiger partial charge is 0.314 e. The summed E-state index contributed by atoms with van der Waals surface area (Å²) < 4.78 is 0. The summed E-state index contributed by atoms with van der Waals surface area (Å²) >= 11 is 0. The van der Waals surface area contributed by atoms with Crippen LogP contribution in [0.3, 0.4) is 0 Å². The van der Waals surface area contributed by atoms with Gasteiger partial charge in [0.15, 0.2) is 0 Å². The zero-order chi connectivity index (χ0) is 12.8. The summed E-state index contributed by atoms with van der Waals surface area (Å²) in [7, 11) is 0. The van der Waals surface area contributed by atoms with Gasteiger partial charge in [-0.25, -0.2) is 0 Å². The molecule has 2 unspecified atom stereocenters. The zero-order valence-electron chi connectivity index (χ0n) is 12.2. The molecule has 2 atom stereocenters. The quantitative estimate of drug-likeness (QED) is 0.771. The number of likely N-dealkylation sites (tertiary alicyclic amines) is 1. The fourth-order valence-corrected chi connectivity index (χ4v) is 3.21. The highest BCUT2D eigenvalue weighted by Crippen LogP contribution is 2.18. The predicted molar refractivity (Wildman–Crippen MR) is 78.8 cm³/mol. The average Bonchev–Trinajstić information content (AvgIpc) is 2.63. The van der Waals surface area contributed by atoms with E-state index in [1.807, 2.05) is 0 Å². The van der Waals surface area contributed by atoms with Crippen LogP contribution < -0.4 is 5.32 Å². The Morgan fingerprint density at radius 3 is 2.78 bits per heavy atom. The minimum absolute atomic E-state index is 0.715. The van der Waals surface area contributed by atoms with E-state index in [9.17, 15) is 0 Å². The normalized spacial score (nSPS) is 30.6. The number of allylic oxidation sites excluding steroid dienone is 2. The van der Waals surface area contributed by atoms with Crippen LogP contribution in [0.25, 0.3) is 0 Å². The van der Waals surface area contributed by atoms with E-state index in [1.54, 1.807) is 0 Å². The molecule has 1 heterocycles. The topological polar surface area (TPSA) is 15.3 Å². The summed E-state index contributed by atoms with van der Waals surface area (Å²) in [6.45, 7) is 8.45. The molecule has 0 aromatic rings. The van der Waals surface area contributed by atoms with E-state index in [0.29, 0.717) is 6.04 Å². The van der Waals surface area contributed by atoms with Gasteiger partial charge in [-0.05, 0) is 77.9 Å². The lowest BCUT2D eigenvalue weighted by Crippen LogP contribution is -2.36. The first-order valence-electron chi connectivity index (χ1n) is 7.88. The molecule has 2 nitrogen and oxygen atoms in total. The Hall–Kier alpha value is -0.340. The zero-order valence-corrected chi connectivity index (χ0v) is 12.2. The predicted octanol–water partition coefficient (Wildman–Crippen LogP) is 3.20. The molecule has 1 aliphatic heterocycles. The molecule has 18 heavy (non-hydrogen) atoms. The summed E-state index contributed by atoms with van der Waals surface area (Å²) in [6, 6.07) is 1.48. The standard InChI is InChI=1S/C16H30N2/c1-14(2)18-11-6-9-16(10-12-18)17-13-15-7-4-3-5-8-15/h3-4,14-17H,5-13H2,1-2H3. The summed E-state index contributed by atoms with van der Waals surface area (Å²) in [6.07, 6.45) is 12.7. The molecular weight excluding hydrogens is 220 g/mol. The minimum Gasteiger partial charge on any atom is -0.314 e. The van der Waals surface area contributed by atoms with Gasteiger partial charge in [-0.1, -0.05) is 12.2 Å². The van der Waals surface area contributed by atoms with Gasteiger partial charge in [-0.15, -0.1) is 0 Å². The van der Waals surface area contributed by atoms with Gasteiger partial charge in [0.1, 0.15) is 0 Å². The van der Waals surface area contributed by atoms with Gasteiger partial charge in [-0.3, -0.25) is 0 Å². The molecule has 2 heteroatoms. The SMILES string of the molecule is CC(C)N1CCCC(NCC2CC=CCC2)CC1. The molecule has 1 fully saturated rings. The van der Waals surface area contributed by atoms with E-state index >= 15 is 0 Å². The van der Waals surface area contributed by atoms with Gasteiger partial charge < -0.3 is 10.2 Å². The number of rotatable bonds is 4. The van der Waals surface area contributed by atoms with E-state index in [0.717, 1.165) is 12.0 Å². The van der Waals surface area contributed by atoms with Gasteiger partial charge in [0.2, 0.25) is 0 Å². The van der Waals surface area contributed by atoms with Gasteiger partial charge in [0, 0.05) is 12.1 Å². The molecule has 0 saturated carbocycles. The first-order valence-corrected chi connectivity index (χ1v) is 7.88. The molecule has 104 valence electrons. The minimum atomic E-state index is 0.715. The van der Waals surface area contributed by atoms with Gasteiger partial charge >= 0.3 is 0 Å². The van der Waals surface area contributed by atoms with Crippen LogP contribution in [0.2, 0.25) is 0 Å². The Balaban J connectivity index is 1.68. The van der Waals surface area contributed by atoms with E-state index in [1.165, 1.54) is 58.2 Å². The van der Waals surface area contributed by atoms with Crippen molar-refractivity contribution in [3.05, 3.63) is 12.2 Å². The van der Waals surface area contributed by atoms with Crippen LogP contribution in [-0.4, -0.2) is 36.6 Å². The smallest absolute Gasteiger partial charge is 0.00798 e. The molecule has 2 aliphatic rings. The second-order valence-electron chi connectivity index (χ2n) is 6.32. The van der Waals surface area contributed by atoms with Gasteiger partial charge in [0.25, 0.3) is 0 Å². The maximum Gasteiger partial charge on any atom is 0.00798 e. The Morgan fingerprint density at radius 1 is 1.17 bits per heavy atom. The number of nitrogens with zero attached hydrogens (tertiary/aromatic N) is 1. The summed E-state index contributed by atoms with van der Waals surface area (Å²) in [5.41, 5.74) is 0. The summed E-state index contributed by atoms with van der Waals surface area (Å²) in [5.74, 6) is 0.888. The van der Waals surface area contributed by atoms with E-state index in [-0.39, 0.29) is 0 Å².